The van der Waals surface area contributed by atoms with Crippen LogP contribution in [-0.2, 0) is 4.79 Å². The molecule has 154 valence electrons. The summed E-state index contributed by atoms with van der Waals surface area (Å²) in [6.45, 7) is 6.96. The highest BCUT2D eigenvalue weighted by Gasteiger charge is 2.62. The Bertz CT molecular complexity index is 591. The van der Waals surface area contributed by atoms with Crippen LogP contribution in [0.5, 0.6) is 0 Å². The molecule has 0 aliphatic heterocycles. The lowest BCUT2D eigenvalue weighted by Gasteiger charge is -2.62. The van der Waals surface area contributed by atoms with Crippen molar-refractivity contribution in [3.05, 3.63) is 0 Å². The van der Waals surface area contributed by atoms with E-state index < -0.39 is 5.97 Å². The molecule has 0 saturated heterocycles. The molecule has 0 heterocycles. The summed E-state index contributed by atoms with van der Waals surface area (Å²) in [5, 5.41) is 30.7. The molecule has 1 unspecified atom stereocenters. The average Bonchev–Trinajstić information content (AvgIpc) is 2.93. The summed E-state index contributed by atoms with van der Waals surface area (Å²) in [6, 6.07) is 0. The largest absolute Gasteiger partial charge is 0.481 e. The Kier molecular flexibility index (Phi) is 4.91. The van der Waals surface area contributed by atoms with E-state index in [0.29, 0.717) is 29.6 Å². The number of fused-ring (bicyclic) bond motifs is 5. The predicted molar refractivity (Wildman–Crippen MR) is 104 cm³/mol. The highest BCUT2D eigenvalue weighted by molar-refractivity contribution is 5.67. The second kappa shape index (κ2) is 6.73. The van der Waals surface area contributed by atoms with Gasteiger partial charge in [-0.2, -0.15) is 0 Å². The molecule has 4 nitrogen and oxygen atoms in total. The molecule has 0 aromatic carbocycles. The van der Waals surface area contributed by atoms with E-state index in [2.05, 4.69) is 20.8 Å². The van der Waals surface area contributed by atoms with Gasteiger partial charge in [0.1, 0.15) is 0 Å². The van der Waals surface area contributed by atoms with Gasteiger partial charge in [-0.25, -0.2) is 0 Å². The summed E-state index contributed by atoms with van der Waals surface area (Å²) in [7, 11) is 0. The fourth-order valence-corrected chi connectivity index (χ4v) is 8.59. The van der Waals surface area contributed by atoms with Gasteiger partial charge in [0, 0.05) is 6.42 Å². The van der Waals surface area contributed by atoms with Crippen molar-refractivity contribution >= 4 is 5.97 Å². The van der Waals surface area contributed by atoms with Gasteiger partial charge in [0.05, 0.1) is 12.2 Å². The quantitative estimate of drug-likeness (QED) is 0.691. The summed E-state index contributed by atoms with van der Waals surface area (Å²) >= 11 is 0. The summed E-state index contributed by atoms with van der Waals surface area (Å²) in [5.41, 5.74) is 0.434. The first-order valence-corrected chi connectivity index (χ1v) is 11.2. The normalized spacial score (nSPS) is 53.1. The van der Waals surface area contributed by atoms with E-state index >= 15 is 0 Å². The summed E-state index contributed by atoms with van der Waals surface area (Å²) in [5.74, 6) is 1.89. The van der Waals surface area contributed by atoms with E-state index in [9.17, 15) is 20.1 Å². The molecule has 0 bridgehead atoms. The van der Waals surface area contributed by atoms with Crippen LogP contribution >= 0.6 is 0 Å². The number of rotatable bonds is 3. The first kappa shape index (κ1) is 19.7. The maximum atomic E-state index is 11.3. The number of aliphatic hydroxyl groups excluding tert-OH is 2. The Morgan fingerprint density at radius 2 is 1.67 bits per heavy atom. The lowest BCUT2D eigenvalue weighted by molar-refractivity contribution is -0.174. The van der Waals surface area contributed by atoms with Crippen molar-refractivity contribution in [3.8, 4) is 0 Å². The van der Waals surface area contributed by atoms with Gasteiger partial charge < -0.3 is 15.3 Å². The minimum atomic E-state index is -0.683. The van der Waals surface area contributed by atoms with Crippen molar-refractivity contribution in [3.63, 3.8) is 0 Å². The topological polar surface area (TPSA) is 77.8 Å². The third kappa shape index (κ3) is 2.97. The number of carboxylic acids is 1. The Hall–Kier alpha value is -0.610. The zero-order chi connectivity index (χ0) is 19.6. The molecule has 0 aromatic heterocycles. The third-order valence-electron chi connectivity index (χ3n) is 9.91. The zero-order valence-electron chi connectivity index (χ0n) is 17.2. The maximum absolute atomic E-state index is 11.3. The van der Waals surface area contributed by atoms with Gasteiger partial charge in [-0.05, 0) is 97.7 Å². The molecule has 10 atom stereocenters. The molecule has 0 aromatic rings. The lowest BCUT2D eigenvalue weighted by atomic mass is 9.43. The molecule has 4 aliphatic rings. The first-order chi connectivity index (χ1) is 12.7. The standard InChI is InChI=1S/C23H38O4/c1-13(10-20(26)27)16-4-5-17-21-18(7-9-23(16,17)3)22(2)8-6-15(24)11-14(22)12-19(21)25/h13-19,21,24-25H,4-12H2,1-3H3,(H,26,27)/t13-,14+,15-,16?,17+,18+,19+,21+,22+,23-/m1/s1. The fourth-order valence-electron chi connectivity index (χ4n) is 8.59. The van der Waals surface area contributed by atoms with Crippen LogP contribution in [0.3, 0.4) is 0 Å². The van der Waals surface area contributed by atoms with Crippen molar-refractivity contribution in [1.29, 1.82) is 0 Å². The van der Waals surface area contributed by atoms with Crippen molar-refractivity contribution in [1.82, 2.24) is 0 Å². The van der Waals surface area contributed by atoms with Crippen molar-refractivity contribution in [2.75, 3.05) is 0 Å². The molecule has 3 N–H and O–H groups in total. The van der Waals surface area contributed by atoms with Crippen LogP contribution in [0.2, 0.25) is 0 Å². The molecular weight excluding hydrogens is 340 g/mol. The molecule has 4 saturated carbocycles. The van der Waals surface area contributed by atoms with Gasteiger partial charge in [0.2, 0.25) is 0 Å². The lowest BCUT2D eigenvalue weighted by Crippen LogP contribution is -2.58. The number of carbonyl (C=O) groups is 1. The van der Waals surface area contributed by atoms with Crippen molar-refractivity contribution in [2.24, 2.45) is 46.3 Å². The predicted octanol–water partition coefficient (Wildman–Crippen LogP) is 4.09. The molecule has 4 fully saturated rings. The monoisotopic (exact) mass is 378 g/mol. The van der Waals surface area contributed by atoms with Gasteiger partial charge >= 0.3 is 5.97 Å². The third-order valence-corrected chi connectivity index (χ3v) is 9.91. The van der Waals surface area contributed by atoms with Crippen molar-refractivity contribution < 1.29 is 20.1 Å². The number of aliphatic carboxylic acids is 1. The molecule has 4 heteroatoms. The minimum Gasteiger partial charge on any atom is -0.481 e. The second-order valence-electron chi connectivity index (χ2n) is 11.0. The van der Waals surface area contributed by atoms with Gasteiger partial charge in [-0.1, -0.05) is 20.8 Å². The van der Waals surface area contributed by atoms with Crippen LogP contribution in [0.1, 0.15) is 78.6 Å². The van der Waals surface area contributed by atoms with E-state index in [1.54, 1.807) is 0 Å². The van der Waals surface area contributed by atoms with E-state index in [1.807, 2.05) is 0 Å². The molecule has 4 rings (SSSR count). The van der Waals surface area contributed by atoms with Crippen molar-refractivity contribution in [2.45, 2.75) is 90.8 Å². The molecule has 27 heavy (non-hydrogen) atoms. The minimum absolute atomic E-state index is 0.175. The Morgan fingerprint density at radius 3 is 2.37 bits per heavy atom. The number of carboxylic acid groups (broad SMARTS) is 1. The molecule has 4 aliphatic carbocycles. The smallest absolute Gasteiger partial charge is 0.303 e. The first-order valence-electron chi connectivity index (χ1n) is 11.2. The molecule has 0 spiro atoms. The summed E-state index contributed by atoms with van der Waals surface area (Å²) in [6.07, 6.45) is 8.12. The fraction of sp³-hybridized carbons (Fsp3) is 0.957. The maximum Gasteiger partial charge on any atom is 0.303 e. The highest BCUT2D eigenvalue weighted by Crippen LogP contribution is 2.68. The van der Waals surface area contributed by atoms with Gasteiger partial charge in [0.15, 0.2) is 0 Å². The number of hydrogen-bond acceptors (Lipinski definition) is 3. The zero-order valence-corrected chi connectivity index (χ0v) is 17.2. The Labute approximate surface area is 163 Å². The Balaban J connectivity index is 1.60. The van der Waals surface area contributed by atoms with Crippen LogP contribution in [0.15, 0.2) is 0 Å². The molecular formula is C23H38O4. The van der Waals surface area contributed by atoms with Gasteiger partial charge in [0.25, 0.3) is 0 Å². The van der Waals surface area contributed by atoms with Crippen LogP contribution in [0.4, 0.5) is 0 Å². The van der Waals surface area contributed by atoms with Crippen LogP contribution in [0.25, 0.3) is 0 Å². The number of hydrogen-bond donors (Lipinski definition) is 3. The average molecular weight is 379 g/mol. The van der Waals surface area contributed by atoms with E-state index in [4.69, 9.17) is 0 Å². The molecule has 0 radical (unpaired) electrons. The van der Waals surface area contributed by atoms with E-state index in [1.165, 1.54) is 6.42 Å². The van der Waals surface area contributed by atoms with Crippen LogP contribution in [0, 0.1) is 46.3 Å². The summed E-state index contributed by atoms with van der Waals surface area (Å²) in [4.78, 5) is 11.3. The summed E-state index contributed by atoms with van der Waals surface area (Å²) < 4.78 is 0. The molecule has 0 amide bonds. The highest BCUT2D eigenvalue weighted by atomic mass is 16.4. The number of aliphatic hydroxyl groups is 2. The van der Waals surface area contributed by atoms with Crippen LogP contribution in [-0.4, -0.2) is 33.5 Å². The van der Waals surface area contributed by atoms with Gasteiger partial charge in [-0.15, -0.1) is 0 Å². The van der Waals surface area contributed by atoms with E-state index in [0.717, 1.165) is 44.9 Å². The van der Waals surface area contributed by atoms with Gasteiger partial charge in [-0.3, -0.25) is 4.79 Å². The van der Waals surface area contributed by atoms with Crippen LogP contribution < -0.4 is 0 Å². The SMILES string of the molecule is C[C@H](CC(=O)O)C1CC[C@H]2[C@@H]3[C@@H](O)C[C@@H]4C[C@H](O)CC[C@]4(C)[C@H]3CC[C@]12C. The second-order valence-corrected chi connectivity index (χ2v) is 11.0. The Morgan fingerprint density at radius 1 is 1.00 bits per heavy atom. The van der Waals surface area contributed by atoms with E-state index in [-0.39, 0.29) is 35.4 Å².